The Labute approximate surface area is 204 Å². The first-order valence-corrected chi connectivity index (χ1v) is 12.6. The summed E-state index contributed by atoms with van der Waals surface area (Å²) in [7, 11) is 1.66. The standard InChI is InChI=1S/C27H31N3O3S/c1-33-25-11-5-2-7-20(25)12-15-28-27(32)23-9-3-4-10-24(23)30-16-13-21(14-17-30)29-26(31)19-22-8-6-18-34-22/h2-11,18,21H,12-17,19H2,1H3,(H,28,32)(H,29,31). The van der Waals surface area contributed by atoms with Crippen molar-refractivity contribution in [2.75, 3.05) is 31.6 Å². The number of carbonyl (C=O) groups is 2. The number of hydrogen-bond acceptors (Lipinski definition) is 5. The van der Waals surface area contributed by atoms with Gasteiger partial charge in [0.05, 0.1) is 19.1 Å². The van der Waals surface area contributed by atoms with Crippen LogP contribution in [0.2, 0.25) is 0 Å². The van der Waals surface area contributed by atoms with E-state index in [1.165, 1.54) is 0 Å². The number of nitrogens with zero attached hydrogens (tertiary/aromatic N) is 1. The molecule has 3 aromatic rings. The van der Waals surface area contributed by atoms with Gasteiger partial charge >= 0.3 is 0 Å². The Morgan fingerprint density at radius 2 is 1.79 bits per heavy atom. The zero-order valence-electron chi connectivity index (χ0n) is 19.5. The Hall–Kier alpha value is -3.32. The third-order valence-corrected chi connectivity index (χ3v) is 7.01. The highest BCUT2D eigenvalue weighted by Gasteiger charge is 2.24. The van der Waals surface area contributed by atoms with Crippen LogP contribution in [0.3, 0.4) is 0 Å². The molecule has 0 atom stereocenters. The summed E-state index contributed by atoms with van der Waals surface area (Å²) in [6.45, 7) is 2.14. The first-order valence-electron chi connectivity index (χ1n) is 11.7. The van der Waals surface area contributed by atoms with Crippen molar-refractivity contribution in [3.8, 4) is 5.75 Å². The third-order valence-electron chi connectivity index (χ3n) is 6.14. The molecular formula is C27H31N3O3S. The van der Waals surface area contributed by atoms with Gasteiger partial charge < -0.3 is 20.3 Å². The van der Waals surface area contributed by atoms with Crippen LogP contribution in [0.25, 0.3) is 0 Å². The zero-order valence-corrected chi connectivity index (χ0v) is 20.3. The summed E-state index contributed by atoms with van der Waals surface area (Å²) in [4.78, 5) is 28.7. The molecule has 2 aromatic carbocycles. The quantitative estimate of drug-likeness (QED) is 0.488. The molecule has 0 saturated carbocycles. The van der Waals surface area contributed by atoms with Crippen molar-refractivity contribution in [2.24, 2.45) is 0 Å². The minimum atomic E-state index is -0.0723. The molecule has 178 valence electrons. The molecule has 2 N–H and O–H groups in total. The summed E-state index contributed by atoms with van der Waals surface area (Å²) in [5.74, 6) is 0.843. The first kappa shape index (κ1) is 23.8. The first-order chi connectivity index (χ1) is 16.6. The summed E-state index contributed by atoms with van der Waals surface area (Å²) in [5, 5.41) is 8.22. The molecule has 0 aliphatic carbocycles. The van der Waals surface area contributed by atoms with Gasteiger partial charge in [-0.1, -0.05) is 36.4 Å². The molecule has 1 aliphatic rings. The van der Waals surface area contributed by atoms with Gasteiger partial charge in [-0.05, 0) is 54.5 Å². The molecule has 34 heavy (non-hydrogen) atoms. The van der Waals surface area contributed by atoms with E-state index in [1.54, 1.807) is 18.4 Å². The van der Waals surface area contributed by atoms with Crippen LogP contribution in [0, 0.1) is 0 Å². The fourth-order valence-electron chi connectivity index (χ4n) is 4.37. The number of hydrogen-bond donors (Lipinski definition) is 2. The number of para-hydroxylation sites is 2. The van der Waals surface area contributed by atoms with Crippen molar-refractivity contribution in [1.29, 1.82) is 0 Å². The second-order valence-corrected chi connectivity index (χ2v) is 9.45. The molecule has 1 aromatic heterocycles. The number of ether oxygens (including phenoxy) is 1. The van der Waals surface area contributed by atoms with Crippen LogP contribution >= 0.6 is 11.3 Å². The third kappa shape index (κ3) is 6.17. The monoisotopic (exact) mass is 477 g/mol. The van der Waals surface area contributed by atoms with Gasteiger partial charge in [-0.25, -0.2) is 0 Å². The molecule has 1 fully saturated rings. The summed E-state index contributed by atoms with van der Waals surface area (Å²) in [5.41, 5.74) is 2.70. The molecule has 1 aliphatic heterocycles. The highest BCUT2D eigenvalue weighted by molar-refractivity contribution is 7.10. The van der Waals surface area contributed by atoms with E-state index in [1.807, 2.05) is 66.0 Å². The van der Waals surface area contributed by atoms with Crippen LogP contribution in [-0.4, -0.2) is 44.6 Å². The van der Waals surface area contributed by atoms with Crippen LogP contribution in [0.1, 0.15) is 33.6 Å². The SMILES string of the molecule is COc1ccccc1CCNC(=O)c1ccccc1N1CCC(NC(=O)Cc2cccs2)CC1. The van der Waals surface area contributed by atoms with Crippen molar-refractivity contribution < 1.29 is 14.3 Å². The number of anilines is 1. The molecule has 4 rings (SSSR count). The summed E-state index contributed by atoms with van der Waals surface area (Å²) in [6, 6.07) is 19.7. The number of nitrogens with one attached hydrogen (secondary N) is 2. The van der Waals surface area contributed by atoms with Crippen molar-refractivity contribution in [1.82, 2.24) is 10.6 Å². The molecule has 2 amide bonds. The van der Waals surface area contributed by atoms with Gasteiger partial charge in [-0.15, -0.1) is 11.3 Å². The fourth-order valence-corrected chi connectivity index (χ4v) is 5.08. The number of piperidine rings is 1. The van der Waals surface area contributed by atoms with E-state index in [0.29, 0.717) is 24.9 Å². The Morgan fingerprint density at radius 3 is 2.56 bits per heavy atom. The van der Waals surface area contributed by atoms with Gasteiger partial charge in [0.2, 0.25) is 5.91 Å². The van der Waals surface area contributed by atoms with E-state index < -0.39 is 0 Å². The second kappa shape index (κ2) is 11.7. The fraction of sp³-hybridized carbons (Fsp3) is 0.333. The van der Waals surface area contributed by atoms with E-state index in [-0.39, 0.29) is 17.9 Å². The van der Waals surface area contributed by atoms with Crippen LogP contribution in [0.15, 0.2) is 66.0 Å². The van der Waals surface area contributed by atoms with Crippen molar-refractivity contribution in [3.63, 3.8) is 0 Å². The number of rotatable bonds is 9. The molecule has 7 heteroatoms. The number of amides is 2. The van der Waals surface area contributed by atoms with Crippen molar-refractivity contribution >= 4 is 28.8 Å². The largest absolute Gasteiger partial charge is 0.496 e. The minimum Gasteiger partial charge on any atom is -0.496 e. The zero-order chi connectivity index (χ0) is 23.8. The minimum absolute atomic E-state index is 0.0723. The normalized spacial score (nSPS) is 14.0. The van der Waals surface area contributed by atoms with E-state index in [4.69, 9.17) is 4.74 Å². The maximum Gasteiger partial charge on any atom is 0.253 e. The average molecular weight is 478 g/mol. The molecule has 0 unspecified atom stereocenters. The Morgan fingerprint density at radius 1 is 1.03 bits per heavy atom. The molecular weight excluding hydrogens is 446 g/mol. The summed E-state index contributed by atoms with van der Waals surface area (Å²) in [6.07, 6.45) is 2.87. The van der Waals surface area contributed by atoms with E-state index in [0.717, 1.165) is 47.8 Å². The number of thiophene rings is 1. The highest BCUT2D eigenvalue weighted by atomic mass is 32.1. The predicted octanol–water partition coefficient (Wildman–Crippen LogP) is 4.06. The van der Waals surface area contributed by atoms with Crippen LogP contribution in [0.5, 0.6) is 5.75 Å². The lowest BCUT2D eigenvalue weighted by atomic mass is 10.0. The van der Waals surface area contributed by atoms with Crippen LogP contribution in [0.4, 0.5) is 5.69 Å². The molecule has 6 nitrogen and oxygen atoms in total. The van der Waals surface area contributed by atoms with E-state index >= 15 is 0 Å². The van der Waals surface area contributed by atoms with Gasteiger partial charge in [0.25, 0.3) is 5.91 Å². The van der Waals surface area contributed by atoms with Gasteiger partial charge in [-0.2, -0.15) is 0 Å². The van der Waals surface area contributed by atoms with Gasteiger partial charge in [-0.3, -0.25) is 9.59 Å². The highest BCUT2D eigenvalue weighted by Crippen LogP contribution is 2.25. The topological polar surface area (TPSA) is 70.7 Å². The average Bonchev–Trinajstić information content (AvgIpc) is 3.37. The lowest BCUT2D eigenvalue weighted by molar-refractivity contribution is -0.121. The number of carbonyl (C=O) groups excluding carboxylic acids is 2. The lowest BCUT2D eigenvalue weighted by Gasteiger charge is -2.35. The molecule has 2 heterocycles. The van der Waals surface area contributed by atoms with Gasteiger partial charge in [0.15, 0.2) is 0 Å². The smallest absolute Gasteiger partial charge is 0.253 e. The Bertz CT molecular complexity index is 1090. The number of methoxy groups -OCH3 is 1. The van der Waals surface area contributed by atoms with E-state index in [2.05, 4.69) is 15.5 Å². The molecule has 0 bridgehead atoms. The number of benzene rings is 2. The Balaban J connectivity index is 1.30. The van der Waals surface area contributed by atoms with Crippen molar-refractivity contribution in [2.45, 2.75) is 31.7 Å². The van der Waals surface area contributed by atoms with Crippen LogP contribution < -0.4 is 20.3 Å². The molecule has 0 radical (unpaired) electrons. The molecule has 1 saturated heterocycles. The molecule has 0 spiro atoms. The Kier molecular flexibility index (Phi) is 8.20. The van der Waals surface area contributed by atoms with Crippen LogP contribution in [-0.2, 0) is 17.6 Å². The summed E-state index contributed by atoms with van der Waals surface area (Å²) >= 11 is 1.61. The second-order valence-electron chi connectivity index (χ2n) is 8.42. The summed E-state index contributed by atoms with van der Waals surface area (Å²) < 4.78 is 5.40. The predicted molar refractivity (Wildman–Crippen MR) is 137 cm³/mol. The maximum absolute atomic E-state index is 13.0. The maximum atomic E-state index is 13.0. The van der Waals surface area contributed by atoms with Gasteiger partial charge in [0, 0.05) is 36.2 Å². The van der Waals surface area contributed by atoms with Crippen molar-refractivity contribution in [3.05, 3.63) is 82.0 Å². The van der Waals surface area contributed by atoms with E-state index in [9.17, 15) is 9.59 Å². The lowest BCUT2D eigenvalue weighted by Crippen LogP contribution is -2.45. The van der Waals surface area contributed by atoms with Gasteiger partial charge in [0.1, 0.15) is 5.75 Å².